The van der Waals surface area contributed by atoms with Crippen molar-refractivity contribution < 1.29 is 0 Å². The molecule has 1 unspecified atom stereocenters. The molecule has 0 radical (unpaired) electrons. The zero-order chi connectivity index (χ0) is 14.5. The first-order chi connectivity index (χ1) is 9.34. The summed E-state index contributed by atoms with van der Waals surface area (Å²) in [4.78, 5) is 0. The van der Waals surface area contributed by atoms with Crippen molar-refractivity contribution in [3.63, 3.8) is 0 Å². The van der Waals surface area contributed by atoms with Gasteiger partial charge in [0, 0.05) is 0 Å². The third-order valence-corrected chi connectivity index (χ3v) is 6.35. The van der Waals surface area contributed by atoms with Gasteiger partial charge in [0.15, 0.2) is 0 Å². The molecule has 0 N–H and O–H groups in total. The van der Waals surface area contributed by atoms with E-state index in [9.17, 15) is 0 Å². The molecule has 0 aromatic heterocycles. The number of fused-ring (bicyclic) bond motifs is 3. The maximum absolute atomic E-state index is 2.56. The van der Waals surface area contributed by atoms with Gasteiger partial charge >= 0.3 is 0 Å². The molecule has 1 fully saturated rings. The minimum absolute atomic E-state index is 0.417. The SMILES string of the molecule is CC(C)c1ccc2c(c1)[C@@]1(C)CCCC(C)(C)C1CC2. The van der Waals surface area contributed by atoms with Crippen LogP contribution in [0.2, 0.25) is 0 Å². The zero-order valence-electron chi connectivity index (χ0n) is 13.9. The standard InChI is InChI=1S/C20H30/c1-14(2)16-8-7-15-9-10-18-19(3,4)11-6-12-20(18,5)17(15)13-16/h7-8,13-14,18H,6,9-12H2,1-5H3/t18?,20-/m1/s1. The average molecular weight is 270 g/mol. The normalized spacial score (nSPS) is 31.8. The Bertz CT molecular complexity index is 509. The molecule has 2 atom stereocenters. The van der Waals surface area contributed by atoms with Crippen molar-refractivity contribution in [1.29, 1.82) is 0 Å². The van der Waals surface area contributed by atoms with Gasteiger partial charge in [-0.2, -0.15) is 0 Å². The maximum Gasteiger partial charge on any atom is -0.00390 e. The van der Waals surface area contributed by atoms with E-state index in [1.807, 2.05) is 0 Å². The first-order valence-corrected chi connectivity index (χ1v) is 8.48. The quantitative estimate of drug-likeness (QED) is 0.601. The highest BCUT2D eigenvalue weighted by Crippen LogP contribution is 2.57. The largest absolute Gasteiger partial charge is 0.0596 e. The number of benzene rings is 1. The molecule has 2 aliphatic carbocycles. The topological polar surface area (TPSA) is 0 Å². The third-order valence-electron chi connectivity index (χ3n) is 6.35. The van der Waals surface area contributed by atoms with Gasteiger partial charge in [0.25, 0.3) is 0 Å². The lowest BCUT2D eigenvalue weighted by Gasteiger charge is -2.54. The summed E-state index contributed by atoms with van der Waals surface area (Å²) in [5, 5.41) is 0. The van der Waals surface area contributed by atoms with Crippen LogP contribution < -0.4 is 0 Å². The minimum atomic E-state index is 0.417. The summed E-state index contributed by atoms with van der Waals surface area (Å²) in [7, 11) is 0. The van der Waals surface area contributed by atoms with Gasteiger partial charge in [-0.25, -0.2) is 0 Å². The van der Waals surface area contributed by atoms with E-state index >= 15 is 0 Å². The number of rotatable bonds is 1. The molecule has 20 heavy (non-hydrogen) atoms. The van der Waals surface area contributed by atoms with Gasteiger partial charge in [0.05, 0.1) is 0 Å². The van der Waals surface area contributed by atoms with Crippen LogP contribution in [-0.4, -0.2) is 0 Å². The fourth-order valence-electron chi connectivity index (χ4n) is 5.16. The lowest BCUT2D eigenvalue weighted by atomic mass is 9.50. The fraction of sp³-hybridized carbons (Fsp3) is 0.700. The Morgan fingerprint density at radius 1 is 1.10 bits per heavy atom. The lowest BCUT2D eigenvalue weighted by molar-refractivity contribution is 0.0407. The second-order valence-electron chi connectivity index (χ2n) is 8.42. The van der Waals surface area contributed by atoms with Gasteiger partial charge in [0.2, 0.25) is 0 Å². The zero-order valence-corrected chi connectivity index (χ0v) is 13.9. The second kappa shape index (κ2) is 4.61. The molecule has 0 spiro atoms. The van der Waals surface area contributed by atoms with E-state index in [0.717, 1.165) is 5.92 Å². The Balaban J connectivity index is 2.10. The molecule has 0 amide bonds. The summed E-state index contributed by atoms with van der Waals surface area (Å²) in [6, 6.07) is 7.34. The molecule has 0 heteroatoms. The predicted molar refractivity (Wildman–Crippen MR) is 87.3 cm³/mol. The Morgan fingerprint density at radius 2 is 1.85 bits per heavy atom. The summed E-state index contributed by atoms with van der Waals surface area (Å²) < 4.78 is 0. The number of hydrogen-bond donors (Lipinski definition) is 0. The van der Waals surface area contributed by atoms with E-state index in [4.69, 9.17) is 0 Å². The van der Waals surface area contributed by atoms with Crippen molar-refractivity contribution in [1.82, 2.24) is 0 Å². The van der Waals surface area contributed by atoms with Gasteiger partial charge in [0.1, 0.15) is 0 Å². The number of aryl methyl sites for hydroxylation is 1. The predicted octanol–water partition coefficient (Wildman–Crippen LogP) is 5.84. The van der Waals surface area contributed by atoms with Crippen LogP contribution in [0.25, 0.3) is 0 Å². The van der Waals surface area contributed by atoms with Crippen LogP contribution in [0.15, 0.2) is 18.2 Å². The molecule has 1 aromatic rings. The number of hydrogen-bond acceptors (Lipinski definition) is 0. The highest BCUT2D eigenvalue weighted by molar-refractivity contribution is 5.42. The summed E-state index contributed by atoms with van der Waals surface area (Å²) in [6.07, 6.45) is 6.86. The Kier molecular flexibility index (Phi) is 3.27. The average Bonchev–Trinajstić information content (AvgIpc) is 2.37. The van der Waals surface area contributed by atoms with E-state index in [1.165, 1.54) is 37.7 Å². The molecule has 2 aliphatic rings. The maximum atomic E-state index is 2.56. The summed E-state index contributed by atoms with van der Waals surface area (Å²) >= 11 is 0. The summed E-state index contributed by atoms with van der Waals surface area (Å²) in [6.45, 7) is 12.2. The van der Waals surface area contributed by atoms with Crippen molar-refractivity contribution in [2.24, 2.45) is 11.3 Å². The molecule has 3 rings (SSSR count). The van der Waals surface area contributed by atoms with Crippen LogP contribution in [-0.2, 0) is 11.8 Å². The van der Waals surface area contributed by atoms with Gasteiger partial charge < -0.3 is 0 Å². The van der Waals surface area contributed by atoms with E-state index < -0.39 is 0 Å². The van der Waals surface area contributed by atoms with Crippen molar-refractivity contribution >= 4 is 0 Å². The monoisotopic (exact) mass is 270 g/mol. The Morgan fingerprint density at radius 3 is 2.55 bits per heavy atom. The van der Waals surface area contributed by atoms with Gasteiger partial charge in [-0.05, 0) is 65.0 Å². The molecule has 0 nitrogen and oxygen atoms in total. The van der Waals surface area contributed by atoms with Crippen LogP contribution in [0.3, 0.4) is 0 Å². The molecular formula is C20H30. The van der Waals surface area contributed by atoms with Crippen LogP contribution >= 0.6 is 0 Å². The molecule has 0 bridgehead atoms. The van der Waals surface area contributed by atoms with Crippen LogP contribution in [0, 0.1) is 11.3 Å². The van der Waals surface area contributed by atoms with E-state index in [2.05, 4.69) is 52.8 Å². The first kappa shape index (κ1) is 14.2. The van der Waals surface area contributed by atoms with Crippen molar-refractivity contribution in [3.05, 3.63) is 34.9 Å². The van der Waals surface area contributed by atoms with Gasteiger partial charge in [-0.3, -0.25) is 0 Å². The highest BCUT2D eigenvalue weighted by atomic mass is 14.5. The fourth-order valence-corrected chi connectivity index (χ4v) is 5.16. The second-order valence-corrected chi connectivity index (χ2v) is 8.42. The molecule has 1 saturated carbocycles. The Labute approximate surface area is 125 Å². The smallest absolute Gasteiger partial charge is 0.00390 e. The summed E-state index contributed by atoms with van der Waals surface area (Å²) in [5.74, 6) is 1.50. The third kappa shape index (κ3) is 2.03. The Hall–Kier alpha value is -0.780. The van der Waals surface area contributed by atoms with Crippen LogP contribution in [0.4, 0.5) is 0 Å². The molecule has 1 aromatic carbocycles. The first-order valence-electron chi connectivity index (χ1n) is 8.48. The molecule has 0 aliphatic heterocycles. The summed E-state index contributed by atoms with van der Waals surface area (Å²) in [5.41, 5.74) is 5.77. The molecule has 0 saturated heterocycles. The van der Waals surface area contributed by atoms with E-state index in [1.54, 1.807) is 11.1 Å². The van der Waals surface area contributed by atoms with E-state index in [0.29, 0.717) is 16.7 Å². The van der Waals surface area contributed by atoms with Gasteiger partial charge in [-0.15, -0.1) is 0 Å². The van der Waals surface area contributed by atoms with Crippen LogP contribution in [0.5, 0.6) is 0 Å². The lowest BCUT2D eigenvalue weighted by Crippen LogP contribution is -2.47. The molecular weight excluding hydrogens is 240 g/mol. The molecule has 110 valence electrons. The van der Waals surface area contributed by atoms with Crippen LogP contribution in [0.1, 0.15) is 82.9 Å². The molecule has 0 heterocycles. The van der Waals surface area contributed by atoms with E-state index in [-0.39, 0.29) is 0 Å². The van der Waals surface area contributed by atoms with Gasteiger partial charge in [-0.1, -0.05) is 59.2 Å². The minimum Gasteiger partial charge on any atom is -0.0596 e. The van der Waals surface area contributed by atoms with Crippen molar-refractivity contribution in [2.45, 2.75) is 78.1 Å². The highest BCUT2D eigenvalue weighted by Gasteiger charge is 2.49. The van der Waals surface area contributed by atoms with Crippen molar-refractivity contribution in [2.75, 3.05) is 0 Å². The van der Waals surface area contributed by atoms with Crippen molar-refractivity contribution in [3.8, 4) is 0 Å².